The molecule has 0 aromatic carbocycles. The van der Waals surface area contributed by atoms with Crippen LogP contribution in [0.15, 0.2) is 21.9 Å². The van der Waals surface area contributed by atoms with E-state index in [0.717, 1.165) is 45.4 Å². The molecule has 0 spiro atoms. The van der Waals surface area contributed by atoms with Crippen LogP contribution >= 0.6 is 0 Å². The normalized spacial score (nSPS) is 20.8. The highest BCUT2D eigenvalue weighted by molar-refractivity contribution is 5.93. The Morgan fingerprint density at radius 3 is 2.87 bits per heavy atom. The van der Waals surface area contributed by atoms with Gasteiger partial charge in [-0.25, -0.2) is 10.1 Å². The number of aromatic nitrogens is 5. The van der Waals surface area contributed by atoms with Crippen LogP contribution in [0.4, 0.5) is 5.82 Å². The molecule has 1 aliphatic carbocycles. The number of nitrogens with two attached hydrogens (primary N) is 1. The lowest BCUT2D eigenvalue weighted by Gasteiger charge is -2.32. The van der Waals surface area contributed by atoms with Crippen LogP contribution in [-0.2, 0) is 6.54 Å². The summed E-state index contributed by atoms with van der Waals surface area (Å²) in [6.45, 7) is 4.08. The van der Waals surface area contributed by atoms with Crippen molar-refractivity contribution >= 4 is 17.9 Å². The van der Waals surface area contributed by atoms with Crippen LogP contribution in [0.3, 0.4) is 0 Å². The molecule has 1 unspecified atom stereocenters. The molecule has 2 aliphatic rings. The van der Waals surface area contributed by atoms with Gasteiger partial charge in [-0.05, 0) is 42.5 Å². The summed E-state index contributed by atoms with van der Waals surface area (Å²) in [7, 11) is 2.09. The summed E-state index contributed by atoms with van der Waals surface area (Å²) >= 11 is 0. The standard InChI is InChI=1S/C18H26N10O2/c1-26-7-9-27(10-8-26)12-14-15(21-25-28(14)17-16(19)23-30-24-17)18(29)22-20-11-13-5-3-2-4-6-13/h2-3,11,13H,4-10,12H2,1H3,(H2,19,23)(H,22,29). The number of nitrogens with zero attached hydrogens (tertiary/aromatic N) is 8. The van der Waals surface area contributed by atoms with E-state index in [4.69, 9.17) is 10.4 Å². The van der Waals surface area contributed by atoms with Gasteiger partial charge in [-0.1, -0.05) is 17.4 Å². The molecule has 160 valence electrons. The first-order chi connectivity index (χ1) is 14.6. The zero-order valence-electron chi connectivity index (χ0n) is 16.9. The molecule has 0 saturated carbocycles. The Hall–Kier alpha value is -3.12. The number of carbonyl (C=O) groups is 1. The Morgan fingerprint density at radius 2 is 2.17 bits per heavy atom. The number of hydrogen-bond acceptors (Lipinski definition) is 10. The first-order valence-corrected chi connectivity index (χ1v) is 10.0. The SMILES string of the molecule is CN1CCN(Cc2c(C(=O)NN=CC3CC=CCC3)nnn2-c2nonc2N)CC1. The second kappa shape index (κ2) is 9.13. The van der Waals surface area contributed by atoms with Gasteiger partial charge in [0, 0.05) is 38.9 Å². The first-order valence-electron chi connectivity index (χ1n) is 10.0. The summed E-state index contributed by atoms with van der Waals surface area (Å²) in [4.78, 5) is 17.3. The third-order valence-corrected chi connectivity index (χ3v) is 5.40. The molecule has 12 nitrogen and oxygen atoms in total. The quantitative estimate of drug-likeness (QED) is 0.381. The van der Waals surface area contributed by atoms with E-state index >= 15 is 0 Å². The smallest absolute Gasteiger partial charge is 0.293 e. The van der Waals surface area contributed by atoms with Gasteiger partial charge in [-0.3, -0.25) is 9.69 Å². The van der Waals surface area contributed by atoms with E-state index in [2.05, 4.69) is 60.2 Å². The number of rotatable bonds is 6. The fraction of sp³-hybridized carbons (Fsp3) is 0.556. The van der Waals surface area contributed by atoms with Crippen molar-refractivity contribution in [2.45, 2.75) is 25.8 Å². The molecular formula is C18H26N10O2. The van der Waals surface area contributed by atoms with Crippen LogP contribution in [0.5, 0.6) is 0 Å². The molecule has 0 radical (unpaired) electrons. The summed E-state index contributed by atoms with van der Waals surface area (Å²) in [5, 5.41) is 19.7. The Morgan fingerprint density at radius 1 is 1.33 bits per heavy atom. The Kier molecular flexibility index (Phi) is 6.14. The Bertz CT molecular complexity index is 925. The van der Waals surface area contributed by atoms with Crippen molar-refractivity contribution in [3.05, 3.63) is 23.5 Å². The van der Waals surface area contributed by atoms with Crippen molar-refractivity contribution in [1.29, 1.82) is 0 Å². The molecule has 30 heavy (non-hydrogen) atoms. The van der Waals surface area contributed by atoms with Gasteiger partial charge < -0.3 is 10.6 Å². The lowest BCUT2D eigenvalue weighted by Crippen LogP contribution is -2.44. The predicted molar refractivity (Wildman–Crippen MR) is 109 cm³/mol. The fourth-order valence-corrected chi connectivity index (χ4v) is 3.55. The highest BCUT2D eigenvalue weighted by atomic mass is 16.6. The van der Waals surface area contributed by atoms with E-state index < -0.39 is 5.91 Å². The first kappa shape index (κ1) is 20.2. The van der Waals surface area contributed by atoms with Crippen molar-refractivity contribution < 1.29 is 9.42 Å². The van der Waals surface area contributed by atoms with Crippen LogP contribution in [0.1, 0.15) is 35.4 Å². The molecule has 4 rings (SSSR count). The summed E-state index contributed by atoms with van der Waals surface area (Å²) in [6, 6.07) is 0. The molecule has 12 heteroatoms. The second-order valence-corrected chi connectivity index (χ2v) is 7.61. The van der Waals surface area contributed by atoms with Crippen LogP contribution in [0, 0.1) is 5.92 Å². The minimum Gasteiger partial charge on any atom is -0.378 e. The molecule has 1 amide bonds. The van der Waals surface area contributed by atoms with E-state index in [1.807, 2.05) is 0 Å². The molecular weight excluding hydrogens is 388 g/mol. The molecule has 3 N–H and O–H groups in total. The van der Waals surface area contributed by atoms with Gasteiger partial charge in [-0.15, -0.1) is 5.10 Å². The molecule has 2 aromatic rings. The number of piperazine rings is 1. The average Bonchev–Trinajstić information content (AvgIpc) is 3.36. The van der Waals surface area contributed by atoms with Crippen molar-refractivity contribution in [2.75, 3.05) is 39.0 Å². The minimum atomic E-state index is -0.428. The summed E-state index contributed by atoms with van der Waals surface area (Å²) < 4.78 is 6.11. The molecule has 1 saturated heterocycles. The van der Waals surface area contributed by atoms with E-state index in [1.165, 1.54) is 4.68 Å². The van der Waals surface area contributed by atoms with Crippen molar-refractivity contribution in [1.82, 2.24) is 40.5 Å². The van der Waals surface area contributed by atoms with E-state index in [9.17, 15) is 4.79 Å². The third kappa shape index (κ3) is 4.54. The van der Waals surface area contributed by atoms with Crippen molar-refractivity contribution in [3.63, 3.8) is 0 Å². The molecule has 3 heterocycles. The average molecular weight is 414 g/mol. The Labute approximate surface area is 173 Å². The van der Waals surface area contributed by atoms with Crippen molar-refractivity contribution in [3.8, 4) is 5.82 Å². The molecule has 2 aromatic heterocycles. The number of nitrogens with one attached hydrogen (secondary N) is 1. The molecule has 0 bridgehead atoms. The van der Waals surface area contributed by atoms with E-state index in [0.29, 0.717) is 18.2 Å². The Balaban J connectivity index is 1.53. The van der Waals surface area contributed by atoms with Gasteiger partial charge in [0.25, 0.3) is 5.91 Å². The van der Waals surface area contributed by atoms with Gasteiger partial charge >= 0.3 is 0 Å². The molecule has 1 aliphatic heterocycles. The van der Waals surface area contributed by atoms with Gasteiger partial charge in [0.05, 0.1) is 5.69 Å². The zero-order valence-corrected chi connectivity index (χ0v) is 16.9. The topological polar surface area (TPSA) is 144 Å². The van der Waals surface area contributed by atoms with Crippen LogP contribution in [0.2, 0.25) is 0 Å². The van der Waals surface area contributed by atoms with Gasteiger partial charge in [0.1, 0.15) is 0 Å². The number of carbonyl (C=O) groups excluding carboxylic acids is 1. The monoisotopic (exact) mass is 414 g/mol. The summed E-state index contributed by atoms with van der Waals surface area (Å²) in [6.07, 6.45) is 9.07. The number of hydrazone groups is 1. The molecule has 1 fully saturated rings. The second-order valence-electron chi connectivity index (χ2n) is 7.61. The number of hydrogen-bond donors (Lipinski definition) is 2. The largest absolute Gasteiger partial charge is 0.378 e. The summed E-state index contributed by atoms with van der Waals surface area (Å²) in [5.74, 6) is 0.192. The number of likely N-dealkylation sites (N-methyl/N-ethyl adjacent to an activating group) is 1. The molecule has 1 atom stereocenters. The van der Waals surface area contributed by atoms with E-state index in [-0.39, 0.29) is 17.3 Å². The van der Waals surface area contributed by atoms with Crippen LogP contribution < -0.4 is 11.2 Å². The number of nitrogen functional groups attached to an aromatic ring is 1. The lowest BCUT2D eigenvalue weighted by atomic mass is 9.96. The minimum absolute atomic E-state index is 0.0786. The van der Waals surface area contributed by atoms with Crippen molar-refractivity contribution in [2.24, 2.45) is 11.0 Å². The van der Waals surface area contributed by atoms with Crippen LogP contribution in [0.25, 0.3) is 5.82 Å². The maximum absolute atomic E-state index is 12.8. The number of amides is 1. The lowest BCUT2D eigenvalue weighted by molar-refractivity contribution is 0.0945. The maximum Gasteiger partial charge on any atom is 0.293 e. The van der Waals surface area contributed by atoms with Crippen LogP contribution in [-0.4, -0.2) is 80.5 Å². The zero-order chi connectivity index (χ0) is 20.9. The summed E-state index contributed by atoms with van der Waals surface area (Å²) in [5.41, 5.74) is 9.16. The number of allylic oxidation sites excluding steroid dienone is 2. The highest BCUT2D eigenvalue weighted by Gasteiger charge is 2.26. The van der Waals surface area contributed by atoms with Gasteiger partial charge in [-0.2, -0.15) is 9.78 Å². The van der Waals surface area contributed by atoms with Gasteiger partial charge in [0.2, 0.25) is 11.6 Å². The number of anilines is 1. The van der Waals surface area contributed by atoms with Gasteiger partial charge in [0.15, 0.2) is 5.69 Å². The van der Waals surface area contributed by atoms with E-state index in [1.54, 1.807) is 6.21 Å². The fourth-order valence-electron chi connectivity index (χ4n) is 3.55. The predicted octanol–water partition coefficient (Wildman–Crippen LogP) is 0.0518. The maximum atomic E-state index is 12.8. The third-order valence-electron chi connectivity index (χ3n) is 5.40. The highest BCUT2D eigenvalue weighted by Crippen LogP contribution is 2.19.